The molecule has 0 aliphatic rings. The zero-order chi connectivity index (χ0) is 5.86. The van der Waals surface area contributed by atoms with E-state index < -0.39 is 12.3 Å². The smallest absolute Gasteiger partial charge is 0.248 e. The normalized spacial score (nSPS) is 14.3. The van der Waals surface area contributed by atoms with Gasteiger partial charge in [0.15, 0.2) is 0 Å². The summed E-state index contributed by atoms with van der Waals surface area (Å²) in [6.07, 6.45) is -1.39. The molecule has 0 heterocycles. The lowest BCUT2D eigenvalue weighted by Gasteiger charge is -1.94. The van der Waals surface area contributed by atoms with Crippen LogP contribution in [0.4, 0.5) is 8.78 Å². The molecule has 0 N–H and O–H groups in total. The highest BCUT2D eigenvalue weighted by molar-refractivity contribution is 5.54. The van der Waals surface area contributed by atoms with Gasteiger partial charge in [-0.25, -0.2) is 8.78 Å². The minimum atomic E-state index is -2.56. The molecule has 1 nitrogen and oxygen atoms in total. The van der Waals surface area contributed by atoms with Crippen LogP contribution in [0.2, 0.25) is 0 Å². The van der Waals surface area contributed by atoms with Crippen LogP contribution in [0.15, 0.2) is 0 Å². The van der Waals surface area contributed by atoms with Crippen LogP contribution < -0.4 is 0 Å². The molecule has 0 unspecified atom stereocenters. The minimum absolute atomic E-state index is 1.12. The van der Waals surface area contributed by atoms with Crippen LogP contribution in [0.1, 0.15) is 6.92 Å². The maximum Gasteiger partial charge on any atom is 0.248 e. The highest BCUT2D eigenvalue weighted by atomic mass is 19.3. The van der Waals surface area contributed by atoms with Crippen LogP contribution >= 0.6 is 0 Å². The van der Waals surface area contributed by atoms with Crippen molar-refractivity contribution in [2.75, 3.05) is 0 Å². The quantitative estimate of drug-likeness (QED) is 0.514. The fourth-order valence-corrected chi connectivity index (χ4v) is 0.0514. The van der Waals surface area contributed by atoms with Crippen LogP contribution in [0.3, 0.4) is 0 Å². The highest BCUT2D eigenvalue weighted by Crippen LogP contribution is 2.03. The van der Waals surface area contributed by atoms with E-state index >= 15 is 0 Å². The number of carbonyl (C=O) groups excluding carboxylic acids is 1. The predicted octanol–water partition coefficient (Wildman–Crippen LogP) is 0.997. The van der Waals surface area contributed by atoms with Crippen LogP contribution in [0.25, 0.3) is 0 Å². The minimum Gasteiger partial charge on any atom is -0.290 e. The molecule has 0 aromatic rings. The molecule has 1 radical (unpaired) electrons. The molecule has 0 fully saturated rings. The second kappa shape index (κ2) is 2.66. The van der Waals surface area contributed by atoms with Gasteiger partial charge in [0.2, 0.25) is 12.7 Å². The van der Waals surface area contributed by atoms with E-state index in [0.717, 1.165) is 13.2 Å². The van der Waals surface area contributed by atoms with Gasteiger partial charge < -0.3 is 0 Å². The molecule has 0 spiro atoms. The highest BCUT2D eigenvalue weighted by Gasteiger charge is 2.12. The summed E-state index contributed by atoms with van der Waals surface area (Å²) >= 11 is 0. The molecular weight excluding hydrogens is 102 g/mol. The second-order valence-electron chi connectivity index (χ2n) is 1.24. The summed E-state index contributed by atoms with van der Waals surface area (Å²) in [5, 5.41) is 0. The van der Waals surface area contributed by atoms with Crippen molar-refractivity contribution in [3.63, 3.8) is 0 Å². The molecule has 0 aromatic carbocycles. The molecule has 0 aromatic heterocycles. The van der Waals surface area contributed by atoms with Crippen LogP contribution in [0.5, 0.6) is 0 Å². The van der Waals surface area contributed by atoms with E-state index in [2.05, 4.69) is 0 Å². The Labute approximate surface area is 40.3 Å². The number of hydrogen-bond acceptors (Lipinski definition) is 1. The lowest BCUT2D eigenvalue weighted by Crippen LogP contribution is -2.06. The Bertz CT molecular complexity index is 62.7. The monoisotopic (exact) mass is 107 g/mol. The van der Waals surface area contributed by atoms with Crippen molar-refractivity contribution in [2.24, 2.45) is 5.92 Å². The first kappa shape index (κ1) is 6.53. The first-order valence-electron chi connectivity index (χ1n) is 1.84. The number of halogens is 2. The summed E-state index contributed by atoms with van der Waals surface area (Å²) in [4.78, 5) is 9.34. The van der Waals surface area contributed by atoms with Crippen molar-refractivity contribution in [1.82, 2.24) is 0 Å². The molecule has 0 aliphatic carbocycles. The van der Waals surface area contributed by atoms with Gasteiger partial charge in [-0.05, 0) is 6.92 Å². The Hall–Kier alpha value is -0.470. The summed E-state index contributed by atoms with van der Waals surface area (Å²) in [6.45, 7) is 1.12. The van der Waals surface area contributed by atoms with Crippen molar-refractivity contribution in [3.8, 4) is 0 Å². The Morgan fingerprint density at radius 3 is 2.00 bits per heavy atom. The lowest BCUT2D eigenvalue weighted by atomic mass is 10.2. The Morgan fingerprint density at radius 1 is 1.57 bits per heavy atom. The van der Waals surface area contributed by atoms with Gasteiger partial charge in [0, 0.05) is 0 Å². The average Bonchev–Trinajstić information content (AvgIpc) is 1.65. The summed E-state index contributed by atoms with van der Waals surface area (Å²) in [6, 6.07) is 0. The molecule has 0 saturated heterocycles. The SMILES string of the molecule is C[C@H]([C]=O)C(F)F. The molecule has 0 amide bonds. The maximum absolute atomic E-state index is 11.2. The summed E-state index contributed by atoms with van der Waals surface area (Å²) in [7, 11) is 0. The van der Waals surface area contributed by atoms with Gasteiger partial charge in [-0.1, -0.05) is 0 Å². The van der Waals surface area contributed by atoms with E-state index in [1.807, 2.05) is 0 Å². The maximum atomic E-state index is 11.2. The van der Waals surface area contributed by atoms with Gasteiger partial charge in [-0.2, -0.15) is 0 Å². The lowest BCUT2D eigenvalue weighted by molar-refractivity contribution is 0.115. The Kier molecular flexibility index (Phi) is 2.48. The van der Waals surface area contributed by atoms with Gasteiger partial charge >= 0.3 is 0 Å². The second-order valence-corrected chi connectivity index (χ2v) is 1.24. The number of alkyl halides is 2. The molecule has 0 rings (SSSR count). The van der Waals surface area contributed by atoms with Crippen molar-refractivity contribution in [3.05, 3.63) is 0 Å². The van der Waals surface area contributed by atoms with Crippen molar-refractivity contribution < 1.29 is 13.6 Å². The van der Waals surface area contributed by atoms with Gasteiger partial charge in [0.25, 0.3) is 0 Å². The molecule has 3 heteroatoms. The summed E-state index contributed by atoms with van der Waals surface area (Å²) < 4.78 is 22.3. The molecule has 7 heavy (non-hydrogen) atoms. The van der Waals surface area contributed by atoms with Crippen molar-refractivity contribution in [2.45, 2.75) is 13.3 Å². The zero-order valence-corrected chi connectivity index (χ0v) is 3.82. The average molecular weight is 107 g/mol. The largest absolute Gasteiger partial charge is 0.290 e. The summed E-state index contributed by atoms with van der Waals surface area (Å²) in [5.41, 5.74) is 0. The van der Waals surface area contributed by atoms with Crippen LogP contribution in [0, 0.1) is 5.92 Å². The number of rotatable bonds is 2. The van der Waals surface area contributed by atoms with E-state index in [9.17, 15) is 13.6 Å². The molecule has 1 atom stereocenters. The van der Waals surface area contributed by atoms with Gasteiger partial charge in [-0.15, -0.1) is 0 Å². The van der Waals surface area contributed by atoms with Crippen molar-refractivity contribution in [1.29, 1.82) is 0 Å². The molecule has 0 saturated carbocycles. The topological polar surface area (TPSA) is 17.1 Å². The standard InChI is InChI=1S/C4H5F2O/c1-3(2-7)4(5)6/h3-4H,1H3/t3-/m1/s1. The first-order chi connectivity index (χ1) is 3.18. The molecular formula is C4H5F2O. The van der Waals surface area contributed by atoms with Gasteiger partial charge in [0.1, 0.15) is 0 Å². The van der Waals surface area contributed by atoms with E-state index in [0.29, 0.717) is 0 Å². The Balaban J connectivity index is 3.33. The van der Waals surface area contributed by atoms with Crippen molar-refractivity contribution >= 4 is 6.29 Å². The summed E-state index contributed by atoms with van der Waals surface area (Å²) in [5.74, 6) is -1.24. The first-order valence-corrected chi connectivity index (χ1v) is 1.84. The van der Waals surface area contributed by atoms with Gasteiger partial charge in [-0.3, -0.25) is 4.79 Å². The predicted molar refractivity (Wildman–Crippen MR) is 20.9 cm³/mol. The van der Waals surface area contributed by atoms with Crippen LogP contribution in [-0.4, -0.2) is 12.7 Å². The third kappa shape index (κ3) is 2.25. The fourth-order valence-electron chi connectivity index (χ4n) is 0.0514. The number of hydrogen-bond donors (Lipinski definition) is 0. The molecule has 0 aliphatic heterocycles. The van der Waals surface area contributed by atoms with Gasteiger partial charge in [0.05, 0.1) is 5.92 Å². The van der Waals surface area contributed by atoms with E-state index in [-0.39, 0.29) is 0 Å². The third-order valence-corrected chi connectivity index (χ3v) is 0.564. The van der Waals surface area contributed by atoms with E-state index in [1.54, 1.807) is 0 Å². The van der Waals surface area contributed by atoms with E-state index in [4.69, 9.17) is 0 Å². The third-order valence-electron chi connectivity index (χ3n) is 0.564. The fraction of sp³-hybridized carbons (Fsp3) is 0.750. The zero-order valence-electron chi connectivity index (χ0n) is 3.82. The van der Waals surface area contributed by atoms with Crippen LogP contribution in [-0.2, 0) is 4.79 Å². The van der Waals surface area contributed by atoms with E-state index in [1.165, 1.54) is 0 Å². The Morgan fingerprint density at radius 2 is 2.00 bits per heavy atom. The molecule has 41 valence electrons. The molecule has 0 bridgehead atoms.